The van der Waals surface area contributed by atoms with Gasteiger partial charge in [0.05, 0.1) is 5.56 Å². The lowest BCUT2D eigenvalue weighted by atomic mass is 10.2. The SMILES string of the molecule is N#Cc1n[nH]nc1-c1ccn(-c2cc(Br)cc(C(F)(F)F)c2)c1. The van der Waals surface area contributed by atoms with Gasteiger partial charge in [0.15, 0.2) is 5.69 Å². The molecule has 0 amide bonds. The first-order valence-corrected chi connectivity index (χ1v) is 7.05. The molecule has 0 radical (unpaired) electrons. The first kappa shape index (κ1) is 15.3. The van der Waals surface area contributed by atoms with Gasteiger partial charge in [-0.3, -0.25) is 0 Å². The number of nitrogens with zero attached hydrogens (tertiary/aromatic N) is 4. The molecule has 1 aromatic carbocycles. The van der Waals surface area contributed by atoms with Gasteiger partial charge in [-0.1, -0.05) is 15.9 Å². The third-order valence-electron chi connectivity index (χ3n) is 3.13. The van der Waals surface area contributed by atoms with Crippen LogP contribution in [-0.2, 0) is 6.18 Å². The molecule has 0 aliphatic heterocycles. The van der Waals surface area contributed by atoms with Crippen molar-refractivity contribution >= 4 is 15.9 Å². The highest BCUT2D eigenvalue weighted by molar-refractivity contribution is 9.10. The van der Waals surface area contributed by atoms with Crippen molar-refractivity contribution in [2.75, 3.05) is 0 Å². The van der Waals surface area contributed by atoms with Gasteiger partial charge in [0.2, 0.25) is 0 Å². The molecule has 3 aromatic rings. The molecular weight excluding hydrogens is 375 g/mol. The van der Waals surface area contributed by atoms with Crippen molar-refractivity contribution in [2.24, 2.45) is 0 Å². The average molecular weight is 382 g/mol. The Hall–Kier alpha value is -2.60. The lowest BCUT2D eigenvalue weighted by Crippen LogP contribution is -2.06. The van der Waals surface area contributed by atoms with Crippen LogP contribution in [0.5, 0.6) is 0 Å². The molecule has 5 nitrogen and oxygen atoms in total. The molecule has 3 rings (SSSR count). The second-order valence-corrected chi connectivity index (χ2v) is 5.55. The monoisotopic (exact) mass is 381 g/mol. The topological polar surface area (TPSA) is 70.3 Å². The van der Waals surface area contributed by atoms with Gasteiger partial charge in [0, 0.05) is 28.1 Å². The molecule has 0 saturated carbocycles. The number of aromatic amines is 1. The Morgan fingerprint density at radius 2 is 2.00 bits per heavy atom. The summed E-state index contributed by atoms with van der Waals surface area (Å²) in [6.45, 7) is 0. The van der Waals surface area contributed by atoms with Crippen LogP contribution >= 0.6 is 15.9 Å². The molecule has 9 heteroatoms. The lowest BCUT2D eigenvalue weighted by Gasteiger charge is -2.10. The Labute approximate surface area is 136 Å². The Bertz CT molecular complexity index is 904. The van der Waals surface area contributed by atoms with Gasteiger partial charge >= 0.3 is 6.18 Å². The highest BCUT2D eigenvalue weighted by Gasteiger charge is 2.31. The van der Waals surface area contributed by atoms with Crippen molar-refractivity contribution in [3.8, 4) is 23.0 Å². The standard InChI is InChI=1S/C14H7BrF3N5/c15-10-3-9(14(16,17)18)4-11(5-10)23-2-1-8(7-23)13-12(6-19)20-22-21-13/h1-5,7H,(H,20,21,22). The van der Waals surface area contributed by atoms with E-state index >= 15 is 0 Å². The summed E-state index contributed by atoms with van der Waals surface area (Å²) < 4.78 is 40.5. The van der Waals surface area contributed by atoms with E-state index in [1.54, 1.807) is 24.5 Å². The number of benzene rings is 1. The van der Waals surface area contributed by atoms with Crippen molar-refractivity contribution < 1.29 is 13.2 Å². The van der Waals surface area contributed by atoms with E-state index < -0.39 is 11.7 Å². The number of hydrogen-bond acceptors (Lipinski definition) is 3. The molecule has 0 saturated heterocycles. The fraction of sp³-hybridized carbons (Fsp3) is 0.0714. The normalized spacial score (nSPS) is 11.4. The van der Waals surface area contributed by atoms with Gasteiger partial charge in [0.25, 0.3) is 0 Å². The molecule has 23 heavy (non-hydrogen) atoms. The molecule has 0 fully saturated rings. The highest BCUT2D eigenvalue weighted by atomic mass is 79.9. The van der Waals surface area contributed by atoms with E-state index in [2.05, 4.69) is 31.3 Å². The maximum absolute atomic E-state index is 12.9. The fourth-order valence-electron chi connectivity index (χ4n) is 2.09. The minimum Gasteiger partial charge on any atom is -0.323 e. The predicted molar refractivity (Wildman–Crippen MR) is 78.6 cm³/mol. The van der Waals surface area contributed by atoms with Crippen LogP contribution in [0.25, 0.3) is 16.9 Å². The summed E-state index contributed by atoms with van der Waals surface area (Å²) in [6, 6.07) is 7.16. The summed E-state index contributed by atoms with van der Waals surface area (Å²) in [5.74, 6) is 0. The van der Waals surface area contributed by atoms with Gasteiger partial charge in [-0.05, 0) is 24.3 Å². The zero-order valence-electron chi connectivity index (χ0n) is 11.3. The van der Waals surface area contributed by atoms with Crippen molar-refractivity contribution in [3.63, 3.8) is 0 Å². The summed E-state index contributed by atoms with van der Waals surface area (Å²) >= 11 is 3.09. The van der Waals surface area contributed by atoms with Crippen LogP contribution < -0.4 is 0 Å². The molecule has 0 spiro atoms. The molecule has 116 valence electrons. The van der Waals surface area contributed by atoms with Crippen molar-refractivity contribution in [3.05, 3.63) is 52.4 Å². The number of H-pyrrole nitrogens is 1. The minimum absolute atomic E-state index is 0.118. The van der Waals surface area contributed by atoms with Gasteiger partial charge in [0.1, 0.15) is 11.8 Å². The number of nitrogens with one attached hydrogen (secondary N) is 1. The van der Waals surface area contributed by atoms with E-state index in [1.807, 2.05) is 6.07 Å². The Morgan fingerprint density at radius 1 is 1.22 bits per heavy atom. The maximum Gasteiger partial charge on any atom is 0.416 e. The second kappa shape index (κ2) is 5.55. The molecule has 2 heterocycles. The van der Waals surface area contributed by atoms with E-state index in [9.17, 15) is 13.2 Å². The van der Waals surface area contributed by atoms with Crippen LogP contribution in [0.3, 0.4) is 0 Å². The third-order valence-corrected chi connectivity index (χ3v) is 3.59. The second-order valence-electron chi connectivity index (χ2n) is 4.64. The Balaban J connectivity index is 2.05. The van der Waals surface area contributed by atoms with Crippen molar-refractivity contribution in [2.45, 2.75) is 6.18 Å². The number of aromatic nitrogens is 4. The first-order valence-electron chi connectivity index (χ1n) is 6.26. The molecule has 0 unspecified atom stereocenters. The Kier molecular flexibility index (Phi) is 3.69. The zero-order chi connectivity index (χ0) is 16.6. The lowest BCUT2D eigenvalue weighted by molar-refractivity contribution is -0.137. The van der Waals surface area contributed by atoms with Gasteiger partial charge in [-0.2, -0.15) is 28.7 Å². The Morgan fingerprint density at radius 3 is 2.70 bits per heavy atom. The maximum atomic E-state index is 12.9. The average Bonchev–Trinajstić information content (AvgIpc) is 3.14. The van der Waals surface area contributed by atoms with Crippen LogP contribution in [-0.4, -0.2) is 20.0 Å². The zero-order valence-corrected chi connectivity index (χ0v) is 12.9. The number of rotatable bonds is 2. The molecule has 0 atom stereocenters. The summed E-state index contributed by atoms with van der Waals surface area (Å²) in [7, 11) is 0. The predicted octanol–water partition coefficient (Wildman–Crippen LogP) is 3.92. The van der Waals surface area contributed by atoms with Crippen LogP contribution in [0.1, 0.15) is 11.3 Å². The quantitative estimate of drug-likeness (QED) is 0.731. The van der Waals surface area contributed by atoms with Crippen LogP contribution in [0.15, 0.2) is 41.1 Å². The van der Waals surface area contributed by atoms with Gasteiger partial charge < -0.3 is 4.57 Å². The number of alkyl halides is 3. The van der Waals surface area contributed by atoms with Crippen LogP contribution in [0, 0.1) is 11.3 Å². The fourth-order valence-corrected chi connectivity index (χ4v) is 2.58. The van der Waals surface area contributed by atoms with Crippen LogP contribution in [0.2, 0.25) is 0 Å². The molecule has 0 bridgehead atoms. The third kappa shape index (κ3) is 2.98. The number of hydrogen-bond donors (Lipinski definition) is 1. The number of nitriles is 1. The summed E-state index contributed by atoms with van der Waals surface area (Å²) in [5, 5.41) is 18.9. The first-order chi connectivity index (χ1) is 10.9. The minimum atomic E-state index is -4.44. The number of halogens is 4. The molecule has 2 aromatic heterocycles. The molecule has 0 aliphatic rings. The largest absolute Gasteiger partial charge is 0.416 e. The van der Waals surface area contributed by atoms with E-state index in [1.165, 1.54) is 4.57 Å². The van der Waals surface area contributed by atoms with E-state index in [0.29, 0.717) is 21.4 Å². The van der Waals surface area contributed by atoms with Gasteiger partial charge in [-0.25, -0.2) is 0 Å². The van der Waals surface area contributed by atoms with Crippen molar-refractivity contribution in [1.29, 1.82) is 5.26 Å². The molecule has 1 N–H and O–H groups in total. The van der Waals surface area contributed by atoms with Crippen molar-refractivity contribution in [1.82, 2.24) is 20.0 Å². The summed E-state index contributed by atoms with van der Waals surface area (Å²) in [4.78, 5) is 0. The van der Waals surface area contributed by atoms with Gasteiger partial charge in [-0.15, -0.1) is 5.10 Å². The molecule has 0 aliphatic carbocycles. The van der Waals surface area contributed by atoms with E-state index in [4.69, 9.17) is 5.26 Å². The highest BCUT2D eigenvalue weighted by Crippen LogP contribution is 2.33. The summed E-state index contributed by atoms with van der Waals surface area (Å²) in [5.41, 5.74) is 0.616. The molecular formula is C14H7BrF3N5. The van der Waals surface area contributed by atoms with E-state index in [0.717, 1.165) is 12.1 Å². The smallest absolute Gasteiger partial charge is 0.323 e. The van der Waals surface area contributed by atoms with Crippen LogP contribution in [0.4, 0.5) is 13.2 Å². The van der Waals surface area contributed by atoms with E-state index in [-0.39, 0.29) is 5.69 Å². The summed E-state index contributed by atoms with van der Waals surface area (Å²) in [6.07, 6.45) is -1.26.